The van der Waals surface area contributed by atoms with Crippen LogP contribution in [0.2, 0.25) is 0 Å². The van der Waals surface area contributed by atoms with Gasteiger partial charge in [0.2, 0.25) is 0 Å². The minimum atomic E-state index is -0.452. The molecule has 5 rings (SSSR count). The van der Waals surface area contributed by atoms with Crippen molar-refractivity contribution in [3.05, 3.63) is 108 Å². The molecule has 0 radical (unpaired) electrons. The first-order chi connectivity index (χ1) is 29.5. The van der Waals surface area contributed by atoms with Crippen LogP contribution in [0.4, 0.5) is 11.4 Å². The lowest BCUT2D eigenvalue weighted by Crippen LogP contribution is -2.07. The van der Waals surface area contributed by atoms with Gasteiger partial charge in [0.05, 0.1) is 30.2 Å². The van der Waals surface area contributed by atoms with Crippen LogP contribution < -0.4 is 9.47 Å². The Kier molecular flexibility index (Phi) is 20.9. The van der Waals surface area contributed by atoms with Gasteiger partial charge in [-0.3, -0.25) is 0 Å². The number of carbonyl (C=O) groups is 2. The Morgan fingerprint density at radius 1 is 0.483 bits per heavy atom. The molecule has 7 nitrogen and oxygen atoms in total. The summed E-state index contributed by atoms with van der Waals surface area (Å²) in [6.45, 7) is 5.71. The number of hydrogen-bond donors (Lipinski definition) is 0. The fraction of sp³-hybridized carbons (Fsp3) is 0.462. The molecule has 0 spiro atoms. The first-order valence-electron chi connectivity index (χ1n) is 22.8. The van der Waals surface area contributed by atoms with E-state index in [1.165, 1.54) is 120 Å². The zero-order valence-corrected chi connectivity index (χ0v) is 37.0. The molecule has 0 fully saturated rings. The Bertz CT molecular complexity index is 2000. The number of thiophene rings is 1. The van der Waals surface area contributed by atoms with Crippen LogP contribution in [0.15, 0.2) is 107 Å². The van der Waals surface area contributed by atoms with E-state index in [-0.39, 0.29) is 5.97 Å². The molecule has 0 amide bonds. The second kappa shape index (κ2) is 27.1. The average Bonchev–Trinajstić information content (AvgIpc) is 3.71. The van der Waals surface area contributed by atoms with Crippen LogP contribution in [0.3, 0.4) is 0 Å². The molecule has 5 aromatic rings. The largest absolute Gasteiger partial charge is 0.494 e. The fourth-order valence-electron chi connectivity index (χ4n) is 7.20. The van der Waals surface area contributed by atoms with Gasteiger partial charge in [-0.15, -0.1) is 11.3 Å². The number of rotatable bonds is 29. The molecule has 320 valence electrons. The number of azo groups is 1. The van der Waals surface area contributed by atoms with Crippen molar-refractivity contribution in [3.63, 3.8) is 0 Å². The van der Waals surface area contributed by atoms with Crippen molar-refractivity contribution in [3.8, 4) is 22.6 Å². The van der Waals surface area contributed by atoms with E-state index in [0.717, 1.165) is 58.5 Å². The summed E-state index contributed by atoms with van der Waals surface area (Å²) in [6.07, 6.45) is 25.5. The summed E-state index contributed by atoms with van der Waals surface area (Å²) in [5, 5.41) is 9.68. The molecule has 0 saturated heterocycles. The van der Waals surface area contributed by atoms with Crippen molar-refractivity contribution in [2.75, 3.05) is 13.2 Å². The van der Waals surface area contributed by atoms with Crippen molar-refractivity contribution in [2.24, 2.45) is 10.2 Å². The van der Waals surface area contributed by atoms with Gasteiger partial charge in [0, 0.05) is 4.70 Å². The summed E-state index contributed by atoms with van der Waals surface area (Å²) in [4.78, 5) is 26.3. The summed E-state index contributed by atoms with van der Waals surface area (Å²) >= 11 is 1.46. The van der Waals surface area contributed by atoms with Crippen molar-refractivity contribution < 1.29 is 23.8 Å². The van der Waals surface area contributed by atoms with Crippen molar-refractivity contribution in [1.82, 2.24) is 0 Å². The van der Waals surface area contributed by atoms with Crippen LogP contribution in [-0.4, -0.2) is 25.2 Å². The molecular formula is C52H66N2O5S. The third-order valence-corrected chi connectivity index (χ3v) is 11.9. The summed E-state index contributed by atoms with van der Waals surface area (Å²) in [5.41, 5.74) is 3.77. The lowest BCUT2D eigenvalue weighted by Gasteiger charge is -2.07. The summed E-state index contributed by atoms with van der Waals surface area (Å²) < 4.78 is 18.2. The van der Waals surface area contributed by atoms with Crippen LogP contribution >= 0.6 is 11.3 Å². The molecule has 0 atom stereocenters. The molecule has 0 aliphatic carbocycles. The van der Waals surface area contributed by atoms with Crippen molar-refractivity contribution in [1.29, 1.82) is 0 Å². The molecule has 1 aromatic heterocycles. The topological polar surface area (TPSA) is 86.6 Å². The molecule has 0 bridgehead atoms. The Morgan fingerprint density at radius 3 is 1.53 bits per heavy atom. The van der Waals surface area contributed by atoms with Gasteiger partial charge in [-0.1, -0.05) is 148 Å². The Morgan fingerprint density at radius 2 is 0.967 bits per heavy atom. The number of nitrogens with zero attached hydrogens (tertiary/aromatic N) is 2. The van der Waals surface area contributed by atoms with E-state index in [1.807, 2.05) is 54.6 Å². The highest BCUT2D eigenvalue weighted by Crippen LogP contribution is 2.32. The zero-order valence-electron chi connectivity index (χ0n) is 36.1. The molecule has 1 heterocycles. The predicted octanol–water partition coefficient (Wildman–Crippen LogP) is 16.6. The Labute approximate surface area is 363 Å². The first kappa shape index (κ1) is 46.2. The first-order valence-corrected chi connectivity index (χ1v) is 23.6. The Hall–Kier alpha value is -4.82. The third kappa shape index (κ3) is 16.7. The third-order valence-electron chi connectivity index (χ3n) is 10.8. The summed E-state index contributed by atoms with van der Waals surface area (Å²) in [5.74, 6) is 0.588. The number of hydrogen-bond acceptors (Lipinski definition) is 8. The number of unbranched alkanes of at least 4 members (excludes halogenated alkanes) is 18. The molecule has 0 saturated carbocycles. The summed E-state index contributed by atoms with van der Waals surface area (Å²) in [6, 6.07) is 30.0. The second-order valence-corrected chi connectivity index (χ2v) is 17.0. The molecule has 0 aliphatic rings. The van der Waals surface area contributed by atoms with Gasteiger partial charge in [-0.2, -0.15) is 10.2 Å². The highest BCUT2D eigenvalue weighted by molar-refractivity contribution is 7.20. The number of fused-ring (bicyclic) bond motifs is 1. The van der Waals surface area contributed by atoms with Crippen LogP contribution in [0.1, 0.15) is 162 Å². The van der Waals surface area contributed by atoms with Crippen LogP contribution in [-0.2, 0) is 4.74 Å². The van der Waals surface area contributed by atoms with Crippen molar-refractivity contribution >= 4 is 44.7 Å². The minimum absolute atomic E-state index is 0.250. The minimum Gasteiger partial charge on any atom is -0.494 e. The van der Waals surface area contributed by atoms with E-state index in [9.17, 15) is 9.59 Å². The van der Waals surface area contributed by atoms with Crippen LogP contribution in [0, 0.1) is 0 Å². The maximum absolute atomic E-state index is 12.9. The Balaban J connectivity index is 0.992. The zero-order chi connectivity index (χ0) is 42.0. The smallest absolute Gasteiger partial charge is 0.348 e. The molecule has 4 aromatic carbocycles. The number of benzene rings is 4. The van der Waals surface area contributed by atoms with Gasteiger partial charge in [0.15, 0.2) is 0 Å². The van der Waals surface area contributed by atoms with Gasteiger partial charge >= 0.3 is 11.9 Å². The van der Waals surface area contributed by atoms with Crippen molar-refractivity contribution in [2.45, 2.75) is 142 Å². The maximum atomic E-state index is 12.9. The van der Waals surface area contributed by atoms with Gasteiger partial charge in [-0.25, -0.2) is 9.59 Å². The van der Waals surface area contributed by atoms with Gasteiger partial charge in [0.1, 0.15) is 16.4 Å². The average molecular weight is 831 g/mol. The number of carbonyl (C=O) groups excluding carboxylic acids is 2. The fourth-order valence-corrected chi connectivity index (χ4v) is 8.14. The van der Waals surface area contributed by atoms with E-state index >= 15 is 0 Å². The monoisotopic (exact) mass is 830 g/mol. The van der Waals surface area contributed by atoms with Crippen LogP contribution in [0.25, 0.3) is 21.2 Å². The standard InChI is InChI=1S/C52H66N2O5S/c1-3-5-7-9-11-13-15-17-19-21-37-57-47-34-30-46(31-35-47)54-53-45-28-23-42(24-29-45)51(55)59-48-32-25-41(26-33-48)43-27-36-49-44(39-43)40-50(60-49)52(56)58-38-22-20-18-16-14-12-10-8-6-4-2/h23-36,39-40H,3-22,37-38H2,1-2H3. The number of ether oxygens (including phenoxy) is 3. The van der Waals surface area contributed by atoms with Gasteiger partial charge < -0.3 is 14.2 Å². The number of esters is 2. The van der Waals surface area contributed by atoms with Gasteiger partial charge in [-0.05, 0) is 108 Å². The van der Waals surface area contributed by atoms with Gasteiger partial charge in [0.25, 0.3) is 0 Å². The second-order valence-electron chi connectivity index (χ2n) is 15.9. The molecule has 60 heavy (non-hydrogen) atoms. The lowest BCUT2D eigenvalue weighted by molar-refractivity contribution is 0.0503. The maximum Gasteiger partial charge on any atom is 0.348 e. The molecule has 0 aliphatic heterocycles. The van der Waals surface area contributed by atoms with E-state index < -0.39 is 5.97 Å². The summed E-state index contributed by atoms with van der Waals surface area (Å²) in [7, 11) is 0. The molecule has 0 unspecified atom stereocenters. The molecular weight excluding hydrogens is 765 g/mol. The molecule has 0 N–H and O–H groups in total. The SMILES string of the molecule is CCCCCCCCCCCCOC(=O)c1cc2cc(-c3ccc(OC(=O)c4ccc(N=Nc5ccc(OCCCCCCCCCCCC)cc5)cc4)cc3)ccc2s1. The lowest BCUT2D eigenvalue weighted by atomic mass is 10.0. The van der Waals surface area contributed by atoms with E-state index in [4.69, 9.17) is 14.2 Å². The highest BCUT2D eigenvalue weighted by Gasteiger charge is 2.13. The van der Waals surface area contributed by atoms with E-state index in [2.05, 4.69) is 30.1 Å². The van der Waals surface area contributed by atoms with E-state index in [1.54, 1.807) is 36.4 Å². The highest BCUT2D eigenvalue weighted by atomic mass is 32.1. The normalized spacial score (nSPS) is 11.4. The quantitative estimate of drug-likeness (QED) is 0.0207. The molecule has 8 heteroatoms. The van der Waals surface area contributed by atoms with Crippen LogP contribution in [0.5, 0.6) is 11.5 Å². The van der Waals surface area contributed by atoms with E-state index in [0.29, 0.717) is 28.5 Å². The predicted molar refractivity (Wildman–Crippen MR) is 249 cm³/mol.